The maximum absolute atomic E-state index is 11.3. The highest BCUT2D eigenvalue weighted by atomic mass is 35.5. The molecule has 1 aliphatic rings. The molecule has 200 valence electrons. The normalized spacial score (nSPS) is 18.1. The smallest absolute Gasteiger partial charge is 0.161 e. The second-order valence-electron chi connectivity index (χ2n) is 10.1. The lowest BCUT2D eigenvalue weighted by Crippen LogP contribution is -2.51. The topological polar surface area (TPSA) is 69.0 Å². The lowest BCUT2D eigenvalue weighted by atomic mass is 9.93. The quantitative estimate of drug-likeness (QED) is 0.339. The first kappa shape index (κ1) is 27.3. The predicted octanol–water partition coefficient (Wildman–Crippen LogP) is 5.35. The summed E-state index contributed by atoms with van der Waals surface area (Å²) in [5, 5.41) is 12.1. The minimum Gasteiger partial charge on any atom is -0.493 e. The van der Waals surface area contributed by atoms with Crippen molar-refractivity contribution in [1.82, 2.24) is 14.5 Å². The second-order valence-corrected chi connectivity index (χ2v) is 10.4. The molecule has 1 aliphatic heterocycles. The Kier molecular flexibility index (Phi) is 9.00. The third-order valence-corrected chi connectivity index (χ3v) is 7.51. The monoisotopic (exact) mass is 527 g/mol. The van der Waals surface area contributed by atoms with Crippen molar-refractivity contribution < 1.29 is 19.3 Å². The van der Waals surface area contributed by atoms with Crippen molar-refractivity contribution in [2.24, 2.45) is 0 Å². The Morgan fingerprint density at radius 2 is 1.86 bits per heavy atom. The number of benzene rings is 2. The number of β-amino-alcohol motifs (C(OH)–C–C–N with tert-alkyl or cyclic N) is 1. The van der Waals surface area contributed by atoms with E-state index in [0.717, 1.165) is 77.3 Å². The van der Waals surface area contributed by atoms with Gasteiger partial charge in [-0.3, -0.25) is 4.90 Å². The maximum Gasteiger partial charge on any atom is 0.161 e. The predicted molar refractivity (Wildman–Crippen MR) is 146 cm³/mol. The van der Waals surface area contributed by atoms with E-state index in [2.05, 4.69) is 20.5 Å². The highest BCUT2D eigenvalue weighted by Gasteiger charge is 2.34. The van der Waals surface area contributed by atoms with Crippen LogP contribution in [0.25, 0.3) is 0 Å². The summed E-state index contributed by atoms with van der Waals surface area (Å²) < 4.78 is 19.8. The van der Waals surface area contributed by atoms with E-state index in [4.69, 9.17) is 25.8 Å². The molecule has 8 heteroatoms. The summed E-state index contributed by atoms with van der Waals surface area (Å²) in [6, 6.07) is 9.91. The molecule has 4 rings (SSSR count). The number of likely N-dealkylation sites (tertiary alicyclic amines) is 1. The van der Waals surface area contributed by atoms with E-state index in [9.17, 15) is 5.11 Å². The Morgan fingerprint density at radius 3 is 2.57 bits per heavy atom. The maximum atomic E-state index is 11.3. The number of methoxy groups -OCH3 is 1. The first-order valence-corrected chi connectivity index (χ1v) is 13.3. The molecule has 3 aromatic rings. The molecule has 1 aromatic heterocycles. The van der Waals surface area contributed by atoms with Gasteiger partial charge in [-0.1, -0.05) is 17.7 Å². The van der Waals surface area contributed by atoms with Crippen LogP contribution in [-0.2, 0) is 13.1 Å². The van der Waals surface area contributed by atoms with Crippen LogP contribution in [0.4, 0.5) is 0 Å². The van der Waals surface area contributed by atoms with Crippen LogP contribution in [0.5, 0.6) is 17.2 Å². The lowest BCUT2D eigenvalue weighted by Gasteiger charge is -2.39. The van der Waals surface area contributed by atoms with Gasteiger partial charge >= 0.3 is 0 Å². The number of halogens is 1. The average Bonchev–Trinajstić information content (AvgIpc) is 3.28. The van der Waals surface area contributed by atoms with Crippen molar-refractivity contribution >= 4 is 11.6 Å². The first-order valence-electron chi connectivity index (χ1n) is 12.9. The standard InChI is InChI=1S/C29H38ClN3O4/c1-21-15-25(16-22(2)28(21)30)37-20-29(34)9-5-11-32(19-29)18-24-7-8-26(35-4)27(17-24)36-14-6-12-33-13-10-31-23(33)3/h7-8,10,13,15-17,34H,5-6,9,11-12,14,18-20H2,1-4H3/t29-/m0/s1. The molecule has 1 N–H and O–H groups in total. The number of aliphatic hydroxyl groups is 1. The molecule has 0 aliphatic carbocycles. The number of aryl methyl sites for hydroxylation is 4. The Labute approximate surface area is 224 Å². The molecule has 0 saturated carbocycles. The largest absolute Gasteiger partial charge is 0.493 e. The summed E-state index contributed by atoms with van der Waals surface area (Å²) in [5.41, 5.74) is 2.17. The van der Waals surface area contributed by atoms with Crippen LogP contribution >= 0.6 is 11.6 Å². The minimum atomic E-state index is -0.906. The van der Waals surface area contributed by atoms with Gasteiger partial charge in [-0.05, 0) is 87.5 Å². The summed E-state index contributed by atoms with van der Waals surface area (Å²) in [6.07, 6.45) is 6.29. The van der Waals surface area contributed by atoms with Crippen molar-refractivity contribution in [3.63, 3.8) is 0 Å². The molecule has 0 radical (unpaired) electrons. The van der Waals surface area contributed by atoms with Gasteiger partial charge in [-0.2, -0.15) is 0 Å². The Balaban J connectivity index is 1.33. The third-order valence-electron chi connectivity index (χ3n) is 6.91. The highest BCUT2D eigenvalue weighted by Crippen LogP contribution is 2.31. The number of rotatable bonds is 11. The van der Waals surface area contributed by atoms with Gasteiger partial charge in [0.05, 0.1) is 13.7 Å². The van der Waals surface area contributed by atoms with Gasteiger partial charge in [-0.25, -0.2) is 4.98 Å². The van der Waals surface area contributed by atoms with Crippen molar-refractivity contribution in [3.05, 3.63) is 70.3 Å². The van der Waals surface area contributed by atoms with Gasteiger partial charge in [0.25, 0.3) is 0 Å². The Morgan fingerprint density at radius 1 is 1.08 bits per heavy atom. The molecule has 1 atom stereocenters. The first-order chi connectivity index (χ1) is 17.8. The van der Waals surface area contributed by atoms with Crippen LogP contribution in [0.3, 0.4) is 0 Å². The van der Waals surface area contributed by atoms with Gasteiger partial charge in [0.15, 0.2) is 11.5 Å². The van der Waals surface area contributed by atoms with Gasteiger partial charge in [0, 0.05) is 37.1 Å². The molecule has 0 bridgehead atoms. The summed E-state index contributed by atoms with van der Waals surface area (Å²) in [5.74, 6) is 3.21. The van der Waals surface area contributed by atoms with E-state index in [1.54, 1.807) is 7.11 Å². The number of nitrogens with zero attached hydrogens (tertiary/aromatic N) is 3. The Bertz CT molecular complexity index is 1170. The average molecular weight is 528 g/mol. The zero-order valence-electron chi connectivity index (χ0n) is 22.3. The van der Waals surface area contributed by atoms with E-state index in [1.165, 1.54) is 0 Å². The molecule has 37 heavy (non-hydrogen) atoms. The van der Waals surface area contributed by atoms with Crippen LogP contribution in [0.2, 0.25) is 5.02 Å². The zero-order valence-corrected chi connectivity index (χ0v) is 23.1. The van der Waals surface area contributed by atoms with Crippen molar-refractivity contribution in [2.45, 2.75) is 58.7 Å². The van der Waals surface area contributed by atoms with E-state index >= 15 is 0 Å². The van der Waals surface area contributed by atoms with Crippen molar-refractivity contribution in [2.75, 3.05) is 33.4 Å². The lowest BCUT2D eigenvalue weighted by molar-refractivity contribution is -0.0621. The number of piperidine rings is 1. The number of aromatic nitrogens is 2. The van der Waals surface area contributed by atoms with Gasteiger partial charge in [-0.15, -0.1) is 0 Å². The van der Waals surface area contributed by atoms with Crippen LogP contribution in [0.15, 0.2) is 42.7 Å². The number of hydrogen-bond acceptors (Lipinski definition) is 6. The van der Waals surface area contributed by atoms with Crippen molar-refractivity contribution in [1.29, 1.82) is 0 Å². The second kappa shape index (κ2) is 12.2. The molecule has 2 heterocycles. The van der Waals surface area contributed by atoms with E-state index in [1.807, 2.05) is 57.4 Å². The van der Waals surface area contributed by atoms with E-state index in [0.29, 0.717) is 19.6 Å². The molecule has 0 spiro atoms. The SMILES string of the molecule is COc1ccc(CN2CCC[C@@](O)(COc3cc(C)c(Cl)c(C)c3)C2)cc1OCCCn1ccnc1C. The van der Waals surface area contributed by atoms with Crippen molar-refractivity contribution in [3.8, 4) is 17.2 Å². The highest BCUT2D eigenvalue weighted by molar-refractivity contribution is 6.32. The summed E-state index contributed by atoms with van der Waals surface area (Å²) in [6.45, 7) is 9.81. The molecular formula is C29H38ClN3O4. The van der Waals surface area contributed by atoms with Crippen LogP contribution in [-0.4, -0.2) is 58.6 Å². The number of imidazole rings is 1. The fourth-order valence-electron chi connectivity index (χ4n) is 4.91. The fraction of sp³-hybridized carbons (Fsp3) is 0.483. The molecule has 0 amide bonds. The summed E-state index contributed by atoms with van der Waals surface area (Å²) >= 11 is 6.28. The zero-order chi connectivity index (χ0) is 26.4. The number of ether oxygens (including phenoxy) is 3. The molecule has 7 nitrogen and oxygen atoms in total. The molecule has 1 fully saturated rings. The molecule has 2 aromatic carbocycles. The van der Waals surface area contributed by atoms with Gasteiger partial charge in [0.2, 0.25) is 0 Å². The van der Waals surface area contributed by atoms with Gasteiger partial charge in [0.1, 0.15) is 23.8 Å². The third kappa shape index (κ3) is 7.18. The molecule has 0 unspecified atom stereocenters. The fourth-order valence-corrected chi connectivity index (χ4v) is 5.02. The van der Waals surface area contributed by atoms with Crippen LogP contribution < -0.4 is 14.2 Å². The van der Waals surface area contributed by atoms with Gasteiger partial charge < -0.3 is 23.9 Å². The van der Waals surface area contributed by atoms with Crippen LogP contribution in [0.1, 0.15) is 41.8 Å². The minimum absolute atomic E-state index is 0.247. The van der Waals surface area contributed by atoms with E-state index < -0.39 is 5.60 Å². The Hall–Kier alpha value is -2.74. The summed E-state index contributed by atoms with van der Waals surface area (Å²) in [7, 11) is 1.66. The molecular weight excluding hydrogens is 490 g/mol. The van der Waals surface area contributed by atoms with E-state index in [-0.39, 0.29) is 6.61 Å². The number of hydrogen-bond donors (Lipinski definition) is 1. The molecule has 1 saturated heterocycles. The van der Waals surface area contributed by atoms with Crippen LogP contribution in [0, 0.1) is 20.8 Å². The summed E-state index contributed by atoms with van der Waals surface area (Å²) in [4.78, 5) is 6.54.